The number of nitrogens with zero attached hydrogens (tertiary/aromatic N) is 1. The van der Waals surface area contributed by atoms with Gasteiger partial charge >= 0.3 is 0 Å². The zero-order valence-corrected chi connectivity index (χ0v) is 12.6. The van der Waals surface area contributed by atoms with Crippen LogP contribution in [0.15, 0.2) is 42.6 Å². The van der Waals surface area contributed by atoms with E-state index < -0.39 is 0 Å². The molecule has 21 heavy (non-hydrogen) atoms. The molecule has 1 aromatic carbocycles. The van der Waals surface area contributed by atoms with Crippen molar-refractivity contribution >= 4 is 0 Å². The zero-order valence-electron chi connectivity index (χ0n) is 12.6. The van der Waals surface area contributed by atoms with Gasteiger partial charge in [0.1, 0.15) is 11.6 Å². The maximum atomic E-state index is 14.0. The van der Waals surface area contributed by atoms with Crippen LogP contribution in [0.1, 0.15) is 38.1 Å². The van der Waals surface area contributed by atoms with Gasteiger partial charge in [-0.05, 0) is 50.2 Å². The van der Waals surface area contributed by atoms with Gasteiger partial charge in [-0.1, -0.05) is 19.1 Å². The summed E-state index contributed by atoms with van der Waals surface area (Å²) in [5, 5.41) is 3.28. The van der Waals surface area contributed by atoms with Crippen LogP contribution in [0.4, 0.5) is 4.39 Å². The summed E-state index contributed by atoms with van der Waals surface area (Å²) in [6, 6.07) is 10.4. The van der Waals surface area contributed by atoms with Gasteiger partial charge in [0.15, 0.2) is 0 Å². The van der Waals surface area contributed by atoms with Gasteiger partial charge in [-0.15, -0.1) is 0 Å². The molecule has 0 saturated heterocycles. The summed E-state index contributed by atoms with van der Waals surface area (Å²) < 4.78 is 19.7. The lowest BCUT2D eigenvalue weighted by atomic mass is 10.0. The lowest BCUT2D eigenvalue weighted by Crippen LogP contribution is -2.24. The third-order valence-electron chi connectivity index (χ3n) is 3.03. The highest BCUT2D eigenvalue weighted by atomic mass is 19.1. The van der Waals surface area contributed by atoms with Crippen LogP contribution in [0.25, 0.3) is 0 Å². The molecule has 0 fully saturated rings. The number of nitrogens with one attached hydrogen (secondary N) is 1. The predicted octanol–water partition coefficient (Wildman–Crippen LogP) is 3.71. The monoisotopic (exact) mass is 288 g/mol. The number of aromatic nitrogens is 1. The molecule has 0 spiro atoms. The lowest BCUT2D eigenvalue weighted by molar-refractivity contribution is 0.242. The third-order valence-corrected chi connectivity index (χ3v) is 3.03. The largest absolute Gasteiger partial charge is 0.491 e. The van der Waals surface area contributed by atoms with E-state index in [1.807, 2.05) is 45.0 Å². The molecule has 2 aromatic rings. The Morgan fingerprint density at radius 2 is 2.05 bits per heavy atom. The smallest absolute Gasteiger partial charge is 0.146 e. The first-order chi connectivity index (χ1) is 10.1. The Labute approximate surface area is 125 Å². The number of hydrogen-bond donors (Lipinski definition) is 1. The standard InChI is InChI=1S/C17H21FN2O/c1-4-19-16(17-15(18)9-6-10-20-17)13-7-5-8-14(11-13)21-12(2)3/h5-12,16,19H,4H2,1-3H3. The molecule has 1 unspecified atom stereocenters. The SMILES string of the molecule is CCNC(c1cccc(OC(C)C)c1)c1ncccc1F. The van der Waals surface area contributed by atoms with Crippen molar-refractivity contribution in [1.82, 2.24) is 10.3 Å². The molecule has 0 aliphatic carbocycles. The minimum atomic E-state index is -0.307. The minimum absolute atomic E-state index is 0.101. The summed E-state index contributed by atoms with van der Waals surface area (Å²) in [5.41, 5.74) is 1.34. The summed E-state index contributed by atoms with van der Waals surface area (Å²) in [4.78, 5) is 4.19. The van der Waals surface area contributed by atoms with Crippen molar-refractivity contribution in [3.63, 3.8) is 0 Å². The van der Waals surface area contributed by atoms with Crippen LogP contribution < -0.4 is 10.1 Å². The Morgan fingerprint density at radius 1 is 1.24 bits per heavy atom. The maximum absolute atomic E-state index is 14.0. The number of ether oxygens (including phenoxy) is 1. The number of halogens is 1. The molecule has 1 N–H and O–H groups in total. The Morgan fingerprint density at radius 3 is 2.71 bits per heavy atom. The zero-order chi connectivity index (χ0) is 15.2. The van der Waals surface area contributed by atoms with E-state index in [2.05, 4.69) is 10.3 Å². The molecule has 112 valence electrons. The van der Waals surface area contributed by atoms with Crippen molar-refractivity contribution in [2.24, 2.45) is 0 Å². The predicted molar refractivity (Wildman–Crippen MR) is 81.9 cm³/mol. The van der Waals surface area contributed by atoms with E-state index in [9.17, 15) is 4.39 Å². The minimum Gasteiger partial charge on any atom is -0.491 e. The highest BCUT2D eigenvalue weighted by Crippen LogP contribution is 2.26. The molecular weight excluding hydrogens is 267 g/mol. The molecule has 0 amide bonds. The maximum Gasteiger partial charge on any atom is 0.146 e. The van der Waals surface area contributed by atoms with Gasteiger partial charge in [0.05, 0.1) is 17.8 Å². The Bertz CT molecular complexity index is 587. The van der Waals surface area contributed by atoms with E-state index in [1.165, 1.54) is 6.07 Å². The fourth-order valence-electron chi connectivity index (χ4n) is 2.23. The van der Waals surface area contributed by atoms with Crippen molar-refractivity contribution in [3.8, 4) is 5.75 Å². The van der Waals surface area contributed by atoms with Gasteiger partial charge < -0.3 is 10.1 Å². The van der Waals surface area contributed by atoms with Crippen LogP contribution >= 0.6 is 0 Å². The molecule has 0 radical (unpaired) electrons. The highest BCUT2D eigenvalue weighted by Gasteiger charge is 2.18. The summed E-state index contributed by atoms with van der Waals surface area (Å²) in [5.74, 6) is 0.473. The molecule has 1 aromatic heterocycles. The first kappa shape index (κ1) is 15.4. The number of benzene rings is 1. The first-order valence-corrected chi connectivity index (χ1v) is 7.22. The fourth-order valence-corrected chi connectivity index (χ4v) is 2.23. The first-order valence-electron chi connectivity index (χ1n) is 7.22. The summed E-state index contributed by atoms with van der Waals surface area (Å²) in [6.07, 6.45) is 1.71. The molecule has 2 rings (SSSR count). The van der Waals surface area contributed by atoms with Crippen LogP contribution in [0.5, 0.6) is 5.75 Å². The molecular formula is C17H21FN2O. The van der Waals surface area contributed by atoms with E-state index in [0.29, 0.717) is 5.69 Å². The van der Waals surface area contributed by atoms with Crippen LogP contribution in [-0.2, 0) is 0 Å². The van der Waals surface area contributed by atoms with Crippen molar-refractivity contribution in [2.45, 2.75) is 32.9 Å². The lowest BCUT2D eigenvalue weighted by Gasteiger charge is -2.19. The molecule has 0 saturated carbocycles. The quantitative estimate of drug-likeness (QED) is 0.880. The fraction of sp³-hybridized carbons (Fsp3) is 0.353. The van der Waals surface area contributed by atoms with Crippen molar-refractivity contribution in [3.05, 3.63) is 59.7 Å². The van der Waals surface area contributed by atoms with E-state index >= 15 is 0 Å². The summed E-state index contributed by atoms with van der Waals surface area (Å²) >= 11 is 0. The Kier molecular flexibility index (Phi) is 5.28. The second-order valence-electron chi connectivity index (χ2n) is 5.10. The van der Waals surface area contributed by atoms with E-state index in [1.54, 1.807) is 12.3 Å². The van der Waals surface area contributed by atoms with Crippen molar-refractivity contribution in [2.75, 3.05) is 6.54 Å². The number of hydrogen-bond acceptors (Lipinski definition) is 3. The molecule has 1 heterocycles. The Hall–Kier alpha value is -1.94. The van der Waals surface area contributed by atoms with Crippen LogP contribution in [0.2, 0.25) is 0 Å². The van der Waals surface area contributed by atoms with E-state index in [0.717, 1.165) is 17.9 Å². The average molecular weight is 288 g/mol. The molecule has 1 atom stereocenters. The molecule has 3 nitrogen and oxygen atoms in total. The van der Waals surface area contributed by atoms with Crippen molar-refractivity contribution < 1.29 is 9.13 Å². The topological polar surface area (TPSA) is 34.1 Å². The normalized spacial score (nSPS) is 12.4. The van der Waals surface area contributed by atoms with Gasteiger partial charge in [-0.2, -0.15) is 0 Å². The second-order valence-corrected chi connectivity index (χ2v) is 5.10. The molecule has 4 heteroatoms. The van der Waals surface area contributed by atoms with Crippen LogP contribution in [-0.4, -0.2) is 17.6 Å². The van der Waals surface area contributed by atoms with Crippen LogP contribution in [0.3, 0.4) is 0 Å². The van der Waals surface area contributed by atoms with Gasteiger partial charge in [-0.3, -0.25) is 4.98 Å². The van der Waals surface area contributed by atoms with E-state index in [4.69, 9.17) is 4.74 Å². The van der Waals surface area contributed by atoms with Crippen LogP contribution in [0, 0.1) is 5.82 Å². The average Bonchev–Trinajstić information content (AvgIpc) is 2.45. The summed E-state index contributed by atoms with van der Waals surface area (Å²) in [7, 11) is 0. The second kappa shape index (κ2) is 7.18. The molecule has 0 bridgehead atoms. The number of pyridine rings is 1. The third kappa shape index (κ3) is 4.02. The Balaban J connectivity index is 2.36. The van der Waals surface area contributed by atoms with E-state index in [-0.39, 0.29) is 18.0 Å². The molecule has 0 aliphatic heterocycles. The highest BCUT2D eigenvalue weighted by molar-refractivity contribution is 5.35. The van der Waals surface area contributed by atoms with Gasteiger partial charge in [0.2, 0.25) is 0 Å². The summed E-state index contributed by atoms with van der Waals surface area (Å²) in [6.45, 7) is 6.66. The van der Waals surface area contributed by atoms with Gasteiger partial charge in [-0.25, -0.2) is 4.39 Å². The number of rotatable bonds is 6. The van der Waals surface area contributed by atoms with Gasteiger partial charge in [0, 0.05) is 6.20 Å². The van der Waals surface area contributed by atoms with Crippen molar-refractivity contribution in [1.29, 1.82) is 0 Å². The van der Waals surface area contributed by atoms with Gasteiger partial charge in [0.25, 0.3) is 0 Å². The molecule has 0 aliphatic rings.